The van der Waals surface area contributed by atoms with Crippen molar-refractivity contribution < 1.29 is 31.1 Å². The number of nitrogens with zero attached hydrogens (tertiary/aromatic N) is 1. The number of rotatable bonds is 4. The predicted molar refractivity (Wildman–Crippen MR) is 58.5 cm³/mol. The maximum Gasteiger partial charge on any atom is 0.434 e. The summed E-state index contributed by atoms with van der Waals surface area (Å²) < 4.78 is 77.7. The highest BCUT2D eigenvalue weighted by atomic mass is 35.5. The second-order valence-electron chi connectivity index (χ2n) is 3.74. The Morgan fingerprint density at radius 3 is 2.20 bits per heavy atom. The van der Waals surface area contributed by atoms with Crippen molar-refractivity contribution in [2.24, 2.45) is 0 Å². The Kier molecular flexibility index (Phi) is 5.09. The van der Waals surface area contributed by atoms with Crippen molar-refractivity contribution in [3.8, 4) is 5.88 Å². The van der Waals surface area contributed by atoms with E-state index in [9.17, 15) is 26.3 Å². The van der Waals surface area contributed by atoms with Crippen LogP contribution in [0.2, 0.25) is 5.02 Å². The molecule has 10 heteroatoms. The number of aromatic nitrogens is 1. The Bertz CT molecular complexity index is 448. The van der Waals surface area contributed by atoms with Crippen LogP contribution in [0.4, 0.5) is 26.3 Å². The zero-order valence-electron chi connectivity index (χ0n) is 9.94. The van der Waals surface area contributed by atoms with E-state index in [1.54, 1.807) is 7.05 Å². The normalized spacial score (nSPS) is 12.8. The van der Waals surface area contributed by atoms with Gasteiger partial charge in [0.1, 0.15) is 5.02 Å². The van der Waals surface area contributed by atoms with Crippen molar-refractivity contribution in [1.82, 2.24) is 10.3 Å². The summed E-state index contributed by atoms with van der Waals surface area (Å²) in [5.74, 6) is -0.925. The second kappa shape index (κ2) is 6.04. The van der Waals surface area contributed by atoms with Crippen molar-refractivity contribution in [3.05, 3.63) is 22.8 Å². The van der Waals surface area contributed by atoms with Crippen LogP contribution in [0.15, 0.2) is 12.3 Å². The van der Waals surface area contributed by atoms with Gasteiger partial charge in [-0.15, -0.1) is 0 Å². The van der Waals surface area contributed by atoms with Gasteiger partial charge in [0.15, 0.2) is 0 Å². The van der Waals surface area contributed by atoms with Crippen LogP contribution in [-0.2, 0) is 6.54 Å². The quantitative estimate of drug-likeness (QED) is 0.864. The van der Waals surface area contributed by atoms with Gasteiger partial charge in [-0.25, -0.2) is 4.98 Å². The molecule has 1 aromatic heterocycles. The first kappa shape index (κ1) is 16.8. The van der Waals surface area contributed by atoms with Crippen LogP contribution in [0, 0.1) is 0 Å². The van der Waals surface area contributed by atoms with Gasteiger partial charge in [-0.05, 0) is 18.7 Å². The van der Waals surface area contributed by atoms with E-state index in [1.165, 1.54) is 6.07 Å². The van der Waals surface area contributed by atoms with Gasteiger partial charge in [0.05, 0.1) is 0 Å². The molecule has 1 aromatic rings. The lowest BCUT2D eigenvalue weighted by Crippen LogP contribution is -2.46. The topological polar surface area (TPSA) is 34.2 Å². The molecule has 0 atom stereocenters. The maximum atomic E-state index is 12.3. The molecule has 0 aromatic carbocycles. The third-order valence-electron chi connectivity index (χ3n) is 2.07. The molecular weight excluding hydrogens is 314 g/mol. The van der Waals surface area contributed by atoms with E-state index < -0.39 is 29.4 Å². The van der Waals surface area contributed by atoms with E-state index in [4.69, 9.17) is 11.6 Å². The molecule has 20 heavy (non-hydrogen) atoms. The number of alkyl halides is 6. The molecule has 0 bridgehead atoms. The van der Waals surface area contributed by atoms with Gasteiger partial charge in [0.25, 0.3) is 6.10 Å². The number of hydrogen-bond acceptors (Lipinski definition) is 3. The average molecular weight is 323 g/mol. The molecular formula is C10H9ClF6N2O. The molecule has 0 fully saturated rings. The van der Waals surface area contributed by atoms with E-state index in [0.717, 1.165) is 6.20 Å². The van der Waals surface area contributed by atoms with Gasteiger partial charge in [0.2, 0.25) is 5.88 Å². The van der Waals surface area contributed by atoms with Gasteiger partial charge in [-0.3, -0.25) is 0 Å². The van der Waals surface area contributed by atoms with E-state index in [-0.39, 0.29) is 0 Å². The highest BCUT2D eigenvalue weighted by molar-refractivity contribution is 6.31. The first-order valence-electron chi connectivity index (χ1n) is 5.14. The summed E-state index contributed by atoms with van der Waals surface area (Å²) in [5, 5.41) is 2.29. The molecule has 0 aliphatic heterocycles. The van der Waals surface area contributed by atoms with E-state index >= 15 is 0 Å². The van der Waals surface area contributed by atoms with Crippen LogP contribution in [0.25, 0.3) is 0 Å². The fourth-order valence-electron chi connectivity index (χ4n) is 1.28. The van der Waals surface area contributed by atoms with Gasteiger partial charge in [-0.2, -0.15) is 26.3 Å². The number of hydrogen-bond donors (Lipinski definition) is 1. The summed E-state index contributed by atoms with van der Waals surface area (Å²) in [5.41, 5.74) is 0.486. The second-order valence-corrected chi connectivity index (χ2v) is 4.15. The van der Waals surface area contributed by atoms with E-state index in [2.05, 4.69) is 15.0 Å². The molecule has 0 aliphatic rings. The number of nitrogens with one attached hydrogen (secondary N) is 1. The Morgan fingerprint density at radius 1 is 1.25 bits per heavy atom. The predicted octanol–water partition coefficient (Wildman–Crippen LogP) is 3.33. The molecule has 0 amide bonds. The highest BCUT2D eigenvalue weighted by Gasteiger charge is 2.59. The average Bonchev–Trinajstić information content (AvgIpc) is 2.24. The van der Waals surface area contributed by atoms with Gasteiger partial charge in [-0.1, -0.05) is 11.6 Å². The van der Waals surface area contributed by atoms with Crippen molar-refractivity contribution in [2.45, 2.75) is 25.0 Å². The standard InChI is InChI=1S/C10H9ClF6N2O/c1-18-3-5-2-6(11)7(19-4-5)20-8(9(12,13)14)10(15,16)17/h2,4,8,18H,3H2,1H3. The Labute approximate surface area is 114 Å². The van der Waals surface area contributed by atoms with Crippen molar-refractivity contribution in [3.63, 3.8) is 0 Å². The smallest absolute Gasteiger partial charge is 0.434 e. The summed E-state index contributed by atoms with van der Waals surface area (Å²) in [7, 11) is 1.60. The first-order valence-corrected chi connectivity index (χ1v) is 5.52. The molecule has 0 saturated heterocycles. The molecule has 0 aliphatic carbocycles. The number of ether oxygens (including phenoxy) is 1. The summed E-state index contributed by atoms with van der Waals surface area (Å²) in [4.78, 5) is 3.37. The van der Waals surface area contributed by atoms with Gasteiger partial charge >= 0.3 is 12.4 Å². The third kappa shape index (κ3) is 4.41. The zero-order chi connectivity index (χ0) is 15.6. The molecule has 1 rings (SSSR count). The SMILES string of the molecule is CNCc1cnc(OC(C(F)(F)F)C(F)(F)F)c(Cl)c1. The van der Waals surface area contributed by atoms with Gasteiger partial charge < -0.3 is 10.1 Å². The Morgan fingerprint density at radius 2 is 1.80 bits per heavy atom. The maximum absolute atomic E-state index is 12.3. The van der Waals surface area contributed by atoms with Crippen molar-refractivity contribution >= 4 is 11.6 Å². The van der Waals surface area contributed by atoms with Crippen molar-refractivity contribution in [1.29, 1.82) is 0 Å². The summed E-state index contributed by atoms with van der Waals surface area (Å²) >= 11 is 5.56. The lowest BCUT2D eigenvalue weighted by molar-refractivity contribution is -0.300. The lowest BCUT2D eigenvalue weighted by Gasteiger charge is -2.23. The molecule has 3 nitrogen and oxygen atoms in total. The fourth-order valence-corrected chi connectivity index (χ4v) is 1.52. The largest absolute Gasteiger partial charge is 0.454 e. The molecule has 1 heterocycles. The Hall–Kier alpha value is -1.22. The highest BCUT2D eigenvalue weighted by Crippen LogP contribution is 2.37. The summed E-state index contributed by atoms with van der Waals surface area (Å²) in [6, 6.07) is 1.17. The van der Waals surface area contributed by atoms with E-state index in [1.807, 2.05) is 0 Å². The first-order chi connectivity index (χ1) is 9.05. The van der Waals surface area contributed by atoms with Crippen LogP contribution in [0.1, 0.15) is 5.56 Å². The van der Waals surface area contributed by atoms with Gasteiger partial charge in [0, 0.05) is 12.7 Å². The molecule has 0 spiro atoms. The zero-order valence-corrected chi connectivity index (χ0v) is 10.7. The Balaban J connectivity index is 3.01. The van der Waals surface area contributed by atoms with Crippen molar-refractivity contribution in [2.75, 3.05) is 7.05 Å². The molecule has 0 radical (unpaired) electrons. The minimum Gasteiger partial charge on any atom is -0.454 e. The van der Waals surface area contributed by atoms with Crippen LogP contribution in [0.5, 0.6) is 5.88 Å². The number of halogens is 7. The minimum atomic E-state index is -5.62. The third-order valence-corrected chi connectivity index (χ3v) is 2.34. The van der Waals surface area contributed by atoms with Crippen LogP contribution in [0.3, 0.4) is 0 Å². The van der Waals surface area contributed by atoms with Crippen LogP contribution < -0.4 is 10.1 Å². The van der Waals surface area contributed by atoms with Crippen LogP contribution >= 0.6 is 11.6 Å². The minimum absolute atomic E-state index is 0.301. The molecule has 0 unspecified atom stereocenters. The molecule has 1 N–H and O–H groups in total. The summed E-state index contributed by atoms with van der Waals surface area (Å²) in [6.07, 6.45) is -14.1. The molecule has 114 valence electrons. The lowest BCUT2D eigenvalue weighted by atomic mass is 10.3. The number of pyridine rings is 1. The van der Waals surface area contributed by atoms with E-state index in [0.29, 0.717) is 12.1 Å². The summed E-state index contributed by atoms with van der Waals surface area (Å²) in [6.45, 7) is 0.301. The fraction of sp³-hybridized carbons (Fsp3) is 0.500. The monoisotopic (exact) mass is 322 g/mol. The van der Waals surface area contributed by atoms with Crippen LogP contribution in [-0.4, -0.2) is 30.5 Å². The molecule has 0 saturated carbocycles.